The van der Waals surface area contributed by atoms with Crippen LogP contribution in [-0.2, 0) is 5.41 Å². The van der Waals surface area contributed by atoms with Crippen LogP contribution in [0, 0.1) is 11.8 Å². The Morgan fingerprint density at radius 3 is 2.70 bits per heavy atom. The van der Waals surface area contributed by atoms with Crippen molar-refractivity contribution in [2.24, 2.45) is 0 Å². The third kappa shape index (κ3) is 2.65. The van der Waals surface area contributed by atoms with Gasteiger partial charge in [0.1, 0.15) is 5.75 Å². The first kappa shape index (κ1) is 17.7. The standard InChI is InChI=1S/C25H27NO/c1-5-6-7-8-11-19-14-15-23-20(18-19)16-17-25(27-23)24(2,3)21-12-9-10-13-22(21)26(25)4/h9-10,12-18H,5-7H2,1-4H3. The third-order valence-electron chi connectivity index (χ3n) is 5.98. The van der Waals surface area contributed by atoms with Gasteiger partial charge in [-0.15, -0.1) is 0 Å². The smallest absolute Gasteiger partial charge is 0.211 e. The van der Waals surface area contributed by atoms with E-state index in [1.807, 2.05) is 0 Å². The number of hydrogen-bond acceptors (Lipinski definition) is 2. The minimum absolute atomic E-state index is 0.162. The molecule has 2 heterocycles. The van der Waals surface area contributed by atoms with E-state index in [0.29, 0.717) is 0 Å². The first-order chi connectivity index (χ1) is 13.0. The highest BCUT2D eigenvalue weighted by molar-refractivity contribution is 5.72. The molecule has 1 atom stereocenters. The van der Waals surface area contributed by atoms with Gasteiger partial charge in [0.15, 0.2) is 0 Å². The van der Waals surface area contributed by atoms with E-state index in [4.69, 9.17) is 4.74 Å². The molecule has 0 radical (unpaired) electrons. The summed E-state index contributed by atoms with van der Waals surface area (Å²) in [5, 5.41) is 0. The third-order valence-corrected chi connectivity index (χ3v) is 5.98. The molecule has 27 heavy (non-hydrogen) atoms. The second-order valence-corrected chi connectivity index (χ2v) is 7.99. The number of hydrogen-bond donors (Lipinski definition) is 0. The van der Waals surface area contributed by atoms with Gasteiger partial charge in [-0.25, -0.2) is 0 Å². The Bertz CT molecular complexity index is 960. The van der Waals surface area contributed by atoms with Crippen LogP contribution in [0.1, 0.15) is 56.7 Å². The van der Waals surface area contributed by atoms with Gasteiger partial charge in [-0.05, 0) is 62.2 Å². The summed E-state index contributed by atoms with van der Waals surface area (Å²) in [5.74, 6) is 7.47. The summed E-state index contributed by atoms with van der Waals surface area (Å²) in [7, 11) is 2.12. The van der Waals surface area contributed by atoms with Gasteiger partial charge in [-0.1, -0.05) is 43.4 Å². The van der Waals surface area contributed by atoms with Crippen LogP contribution in [0.4, 0.5) is 5.69 Å². The van der Waals surface area contributed by atoms with Crippen LogP contribution in [0.15, 0.2) is 48.5 Å². The number of benzene rings is 2. The molecule has 0 aromatic heterocycles. The zero-order valence-electron chi connectivity index (χ0n) is 16.7. The van der Waals surface area contributed by atoms with Crippen molar-refractivity contribution in [2.75, 3.05) is 11.9 Å². The zero-order chi connectivity index (χ0) is 19.1. The highest BCUT2D eigenvalue weighted by Crippen LogP contribution is 2.54. The molecule has 0 aliphatic carbocycles. The molecule has 4 rings (SSSR count). The predicted octanol–water partition coefficient (Wildman–Crippen LogP) is 5.76. The number of para-hydroxylation sites is 1. The maximum atomic E-state index is 6.68. The van der Waals surface area contributed by atoms with Crippen molar-refractivity contribution in [3.8, 4) is 17.6 Å². The van der Waals surface area contributed by atoms with Gasteiger partial charge < -0.3 is 9.64 Å². The Morgan fingerprint density at radius 1 is 1.11 bits per heavy atom. The lowest BCUT2D eigenvalue weighted by Crippen LogP contribution is -2.58. The van der Waals surface area contributed by atoms with Crippen LogP contribution in [0.2, 0.25) is 0 Å². The summed E-state index contributed by atoms with van der Waals surface area (Å²) < 4.78 is 6.68. The van der Waals surface area contributed by atoms with Gasteiger partial charge in [0.05, 0.1) is 5.41 Å². The largest absolute Gasteiger partial charge is 0.463 e. The van der Waals surface area contributed by atoms with Crippen LogP contribution in [0.25, 0.3) is 6.08 Å². The Kier molecular flexibility index (Phi) is 4.27. The predicted molar refractivity (Wildman–Crippen MR) is 113 cm³/mol. The van der Waals surface area contributed by atoms with Crippen molar-refractivity contribution in [2.45, 2.75) is 51.2 Å². The summed E-state index contributed by atoms with van der Waals surface area (Å²) in [6.45, 7) is 6.72. The fourth-order valence-corrected chi connectivity index (χ4v) is 4.29. The Hall–Kier alpha value is -2.66. The van der Waals surface area contributed by atoms with E-state index in [9.17, 15) is 0 Å². The number of anilines is 1. The molecule has 2 aliphatic heterocycles. The first-order valence-corrected chi connectivity index (χ1v) is 9.84. The molecular formula is C25H27NO. The maximum absolute atomic E-state index is 6.68. The van der Waals surface area contributed by atoms with E-state index in [1.165, 1.54) is 17.7 Å². The number of likely N-dealkylation sites (N-methyl/N-ethyl adjacent to an activating group) is 1. The van der Waals surface area contributed by atoms with Gasteiger partial charge in [0.25, 0.3) is 0 Å². The average molecular weight is 357 g/mol. The molecule has 2 nitrogen and oxygen atoms in total. The number of nitrogens with zero attached hydrogens (tertiary/aromatic N) is 1. The summed E-state index contributed by atoms with van der Waals surface area (Å²) in [5.41, 5.74) is 4.02. The van der Waals surface area contributed by atoms with Crippen molar-refractivity contribution in [1.29, 1.82) is 0 Å². The second-order valence-electron chi connectivity index (χ2n) is 7.99. The van der Waals surface area contributed by atoms with E-state index in [1.54, 1.807) is 0 Å². The van der Waals surface area contributed by atoms with E-state index in [-0.39, 0.29) is 5.41 Å². The lowest BCUT2D eigenvalue weighted by molar-refractivity contribution is 0.0582. The lowest BCUT2D eigenvalue weighted by Gasteiger charge is -2.45. The quantitative estimate of drug-likeness (QED) is 0.501. The van der Waals surface area contributed by atoms with E-state index in [2.05, 4.69) is 99.2 Å². The first-order valence-electron chi connectivity index (χ1n) is 9.84. The SMILES string of the molecule is CCCCC#Cc1ccc2c(c1)C=CC1(O2)N(C)c2ccccc2C1(C)C. The highest BCUT2D eigenvalue weighted by Gasteiger charge is 2.57. The fourth-order valence-electron chi connectivity index (χ4n) is 4.29. The van der Waals surface area contributed by atoms with E-state index >= 15 is 0 Å². The number of rotatable bonds is 2. The van der Waals surface area contributed by atoms with Crippen LogP contribution in [-0.4, -0.2) is 12.8 Å². The minimum atomic E-state index is -0.516. The van der Waals surface area contributed by atoms with E-state index < -0.39 is 5.72 Å². The van der Waals surface area contributed by atoms with Gasteiger partial charge in [-0.3, -0.25) is 0 Å². The number of fused-ring (bicyclic) bond motifs is 2. The molecule has 2 aromatic rings. The molecule has 0 amide bonds. The molecule has 2 heteroatoms. The molecule has 0 bridgehead atoms. The molecule has 0 fully saturated rings. The van der Waals surface area contributed by atoms with Crippen LogP contribution in [0.3, 0.4) is 0 Å². The minimum Gasteiger partial charge on any atom is -0.463 e. The van der Waals surface area contributed by atoms with Crippen LogP contribution >= 0.6 is 0 Å². The fraction of sp³-hybridized carbons (Fsp3) is 0.360. The molecule has 1 unspecified atom stereocenters. The molecule has 2 aliphatic rings. The van der Waals surface area contributed by atoms with Crippen molar-refractivity contribution in [1.82, 2.24) is 0 Å². The summed E-state index contributed by atoms with van der Waals surface area (Å²) in [6, 6.07) is 14.9. The topological polar surface area (TPSA) is 12.5 Å². The molecule has 0 N–H and O–H groups in total. The van der Waals surface area contributed by atoms with Crippen molar-refractivity contribution in [3.05, 3.63) is 65.2 Å². The van der Waals surface area contributed by atoms with Gasteiger partial charge in [-0.2, -0.15) is 0 Å². The van der Waals surface area contributed by atoms with Crippen LogP contribution in [0.5, 0.6) is 5.75 Å². The van der Waals surface area contributed by atoms with Crippen molar-refractivity contribution >= 4 is 11.8 Å². The van der Waals surface area contributed by atoms with Crippen molar-refractivity contribution < 1.29 is 4.74 Å². The van der Waals surface area contributed by atoms with E-state index in [0.717, 1.165) is 29.7 Å². The summed E-state index contributed by atoms with van der Waals surface area (Å²) >= 11 is 0. The molecule has 0 saturated carbocycles. The average Bonchev–Trinajstić information content (AvgIpc) is 2.84. The maximum Gasteiger partial charge on any atom is 0.211 e. The van der Waals surface area contributed by atoms with Crippen molar-refractivity contribution in [3.63, 3.8) is 0 Å². The Morgan fingerprint density at radius 2 is 1.93 bits per heavy atom. The molecule has 0 saturated heterocycles. The van der Waals surface area contributed by atoms with Crippen LogP contribution < -0.4 is 9.64 Å². The second kappa shape index (κ2) is 6.50. The zero-order valence-corrected chi connectivity index (χ0v) is 16.7. The summed E-state index contributed by atoms with van der Waals surface area (Å²) in [6.07, 6.45) is 7.71. The normalized spacial score (nSPS) is 21.3. The van der Waals surface area contributed by atoms with Gasteiger partial charge in [0.2, 0.25) is 5.72 Å². The number of unbranched alkanes of at least 4 members (excludes halogenated alkanes) is 2. The summed E-state index contributed by atoms with van der Waals surface area (Å²) in [4.78, 5) is 2.26. The molecular weight excluding hydrogens is 330 g/mol. The Labute approximate surface area is 162 Å². The molecule has 2 aromatic carbocycles. The van der Waals surface area contributed by atoms with Gasteiger partial charge >= 0.3 is 0 Å². The monoisotopic (exact) mass is 357 g/mol. The molecule has 138 valence electrons. The Balaban J connectivity index is 1.68. The highest BCUT2D eigenvalue weighted by atomic mass is 16.5. The number of ether oxygens (including phenoxy) is 1. The van der Waals surface area contributed by atoms with Gasteiger partial charge in [0, 0.05) is 30.3 Å². The molecule has 1 spiro atoms. The lowest BCUT2D eigenvalue weighted by atomic mass is 9.76.